The Hall–Kier alpha value is -2.34. The van der Waals surface area contributed by atoms with Gasteiger partial charge in [-0.2, -0.15) is 5.10 Å². The lowest BCUT2D eigenvalue weighted by Crippen LogP contribution is -2.48. The molecule has 0 saturated carbocycles. The Bertz CT molecular complexity index is 728. The average molecular weight is 342 g/mol. The molecule has 6 heteroatoms. The van der Waals surface area contributed by atoms with E-state index in [1.54, 1.807) is 0 Å². The van der Waals surface area contributed by atoms with Gasteiger partial charge < -0.3 is 15.4 Å². The van der Waals surface area contributed by atoms with Crippen LogP contribution in [0.5, 0.6) is 5.75 Å². The monoisotopic (exact) mass is 342 g/mol. The number of aromatic nitrogens is 2. The van der Waals surface area contributed by atoms with E-state index in [1.165, 1.54) is 0 Å². The molecule has 1 aromatic heterocycles. The number of hydrogen-bond acceptors (Lipinski definition) is 4. The van der Waals surface area contributed by atoms with Crippen LogP contribution in [0.4, 0.5) is 0 Å². The average Bonchev–Trinajstić information content (AvgIpc) is 2.99. The first-order valence-corrected chi connectivity index (χ1v) is 8.80. The minimum atomic E-state index is -0.276. The van der Waals surface area contributed by atoms with Gasteiger partial charge in [-0.15, -0.1) is 0 Å². The number of carbonyl (C=O) groups excluding carboxylic acids is 1. The Morgan fingerprint density at radius 1 is 1.40 bits per heavy atom. The molecule has 0 saturated heterocycles. The Kier molecular flexibility index (Phi) is 5.38. The van der Waals surface area contributed by atoms with Gasteiger partial charge >= 0.3 is 0 Å². The zero-order valence-electron chi connectivity index (χ0n) is 15.0. The van der Waals surface area contributed by atoms with Crippen LogP contribution < -0.4 is 15.4 Å². The lowest BCUT2D eigenvalue weighted by atomic mass is 10.0. The zero-order valence-corrected chi connectivity index (χ0v) is 15.0. The van der Waals surface area contributed by atoms with Crippen LogP contribution in [-0.2, 0) is 11.3 Å². The highest BCUT2D eigenvalue weighted by Crippen LogP contribution is 2.31. The smallest absolute Gasteiger partial charge is 0.237 e. The maximum Gasteiger partial charge on any atom is 0.237 e. The molecule has 3 atom stereocenters. The number of nitrogens with zero attached hydrogens (tertiary/aromatic N) is 2. The van der Waals surface area contributed by atoms with E-state index in [2.05, 4.69) is 22.7 Å². The largest absolute Gasteiger partial charge is 0.493 e. The first-order chi connectivity index (χ1) is 12.0. The quantitative estimate of drug-likeness (QED) is 0.844. The summed E-state index contributed by atoms with van der Waals surface area (Å²) in [7, 11) is 0. The number of benzene rings is 1. The van der Waals surface area contributed by atoms with Crippen LogP contribution in [0.3, 0.4) is 0 Å². The summed E-state index contributed by atoms with van der Waals surface area (Å²) in [5.74, 6) is 0.868. The van der Waals surface area contributed by atoms with Gasteiger partial charge in [-0.05, 0) is 32.4 Å². The van der Waals surface area contributed by atoms with Crippen LogP contribution in [0, 0.1) is 6.92 Å². The van der Waals surface area contributed by atoms with Crippen LogP contribution in [0.2, 0.25) is 0 Å². The first-order valence-electron chi connectivity index (χ1n) is 8.80. The predicted molar refractivity (Wildman–Crippen MR) is 96.5 cm³/mol. The fourth-order valence-electron chi connectivity index (χ4n) is 3.19. The zero-order chi connectivity index (χ0) is 17.8. The summed E-state index contributed by atoms with van der Waals surface area (Å²) in [6.45, 7) is 7.32. The second-order valence-corrected chi connectivity index (χ2v) is 6.77. The minimum absolute atomic E-state index is 0.00481. The standard InChI is InChI=1S/C19H26N4O2/c1-13-10-20-23(11-13)12-14(2)21-15(3)19(24)22-17-8-9-25-18-7-5-4-6-16(17)18/h4-7,10-11,14-15,17,21H,8-9,12H2,1-3H3,(H,22,24). The molecule has 0 radical (unpaired) electrons. The number of amides is 1. The van der Waals surface area contributed by atoms with Crippen LogP contribution >= 0.6 is 0 Å². The maximum atomic E-state index is 12.6. The van der Waals surface area contributed by atoms with E-state index in [0.29, 0.717) is 6.61 Å². The van der Waals surface area contributed by atoms with Crippen LogP contribution in [0.1, 0.15) is 37.4 Å². The number of carbonyl (C=O) groups is 1. The van der Waals surface area contributed by atoms with Crippen molar-refractivity contribution in [1.82, 2.24) is 20.4 Å². The molecule has 1 aromatic carbocycles. The van der Waals surface area contributed by atoms with Crippen LogP contribution in [0.15, 0.2) is 36.7 Å². The molecule has 3 unspecified atom stereocenters. The normalized spacial score (nSPS) is 18.8. The van der Waals surface area contributed by atoms with Gasteiger partial charge in [-0.1, -0.05) is 18.2 Å². The number of nitrogens with one attached hydrogen (secondary N) is 2. The van der Waals surface area contributed by atoms with Crippen molar-refractivity contribution in [2.24, 2.45) is 0 Å². The van der Waals surface area contributed by atoms with Gasteiger partial charge in [0.25, 0.3) is 0 Å². The fraction of sp³-hybridized carbons (Fsp3) is 0.474. The van der Waals surface area contributed by atoms with Crippen molar-refractivity contribution in [3.63, 3.8) is 0 Å². The van der Waals surface area contributed by atoms with Crippen molar-refractivity contribution in [2.45, 2.75) is 51.9 Å². The third-order valence-electron chi connectivity index (χ3n) is 4.43. The van der Waals surface area contributed by atoms with Crippen molar-refractivity contribution in [3.8, 4) is 5.75 Å². The second-order valence-electron chi connectivity index (χ2n) is 6.77. The summed E-state index contributed by atoms with van der Waals surface area (Å²) < 4.78 is 7.55. The molecule has 3 rings (SSSR count). The third-order valence-corrected chi connectivity index (χ3v) is 4.43. The van der Waals surface area contributed by atoms with Crippen molar-refractivity contribution in [2.75, 3.05) is 6.61 Å². The van der Waals surface area contributed by atoms with Crippen molar-refractivity contribution in [3.05, 3.63) is 47.8 Å². The number of hydrogen-bond donors (Lipinski definition) is 2. The van der Waals surface area contributed by atoms with Crippen LogP contribution in [-0.4, -0.2) is 34.4 Å². The lowest BCUT2D eigenvalue weighted by molar-refractivity contribution is -0.123. The van der Waals surface area contributed by atoms with Gasteiger partial charge in [0, 0.05) is 24.2 Å². The summed E-state index contributed by atoms with van der Waals surface area (Å²) in [6, 6.07) is 7.76. The minimum Gasteiger partial charge on any atom is -0.493 e. The summed E-state index contributed by atoms with van der Waals surface area (Å²) in [5, 5.41) is 10.8. The molecular formula is C19H26N4O2. The molecule has 2 aromatic rings. The third kappa shape index (κ3) is 4.39. The van der Waals surface area contributed by atoms with E-state index in [0.717, 1.165) is 29.8 Å². The lowest BCUT2D eigenvalue weighted by Gasteiger charge is -2.28. The highest BCUT2D eigenvalue weighted by Gasteiger charge is 2.25. The number of aryl methyl sites for hydroxylation is 1. The van der Waals surface area contributed by atoms with Crippen molar-refractivity contribution < 1.29 is 9.53 Å². The molecule has 2 heterocycles. The van der Waals surface area contributed by atoms with E-state index in [4.69, 9.17) is 4.74 Å². The highest BCUT2D eigenvalue weighted by molar-refractivity contribution is 5.81. The van der Waals surface area contributed by atoms with E-state index >= 15 is 0 Å². The molecule has 0 aliphatic carbocycles. The first kappa shape index (κ1) is 17.5. The highest BCUT2D eigenvalue weighted by atomic mass is 16.5. The second kappa shape index (κ2) is 7.70. The number of ether oxygens (including phenoxy) is 1. The van der Waals surface area contributed by atoms with E-state index < -0.39 is 0 Å². The van der Waals surface area contributed by atoms with E-state index in [-0.39, 0.29) is 24.0 Å². The van der Waals surface area contributed by atoms with E-state index in [9.17, 15) is 4.79 Å². The number of rotatable bonds is 6. The van der Waals surface area contributed by atoms with Gasteiger partial charge in [0.1, 0.15) is 5.75 Å². The molecule has 6 nitrogen and oxygen atoms in total. The van der Waals surface area contributed by atoms with E-state index in [1.807, 2.05) is 55.2 Å². The molecule has 2 N–H and O–H groups in total. The summed E-state index contributed by atoms with van der Waals surface area (Å²) >= 11 is 0. The van der Waals surface area contributed by atoms with Gasteiger partial charge in [0.05, 0.1) is 31.4 Å². The van der Waals surface area contributed by atoms with Crippen molar-refractivity contribution >= 4 is 5.91 Å². The SMILES string of the molecule is Cc1cnn(CC(C)NC(C)C(=O)NC2CCOc3ccccc32)c1. The van der Waals surface area contributed by atoms with Gasteiger partial charge in [0.2, 0.25) is 5.91 Å². The molecule has 1 amide bonds. The fourth-order valence-corrected chi connectivity index (χ4v) is 3.19. The summed E-state index contributed by atoms with van der Waals surface area (Å²) in [4.78, 5) is 12.6. The molecule has 25 heavy (non-hydrogen) atoms. The molecule has 0 spiro atoms. The topological polar surface area (TPSA) is 68.2 Å². The molecule has 0 bridgehead atoms. The van der Waals surface area contributed by atoms with Gasteiger partial charge in [-0.25, -0.2) is 0 Å². The molecule has 134 valence electrons. The number of para-hydroxylation sites is 1. The Morgan fingerprint density at radius 2 is 2.20 bits per heavy atom. The summed E-state index contributed by atoms with van der Waals surface area (Å²) in [5.41, 5.74) is 2.19. The molecule has 0 fully saturated rings. The molecule has 1 aliphatic rings. The number of fused-ring (bicyclic) bond motifs is 1. The summed E-state index contributed by atoms with van der Waals surface area (Å²) in [6.07, 6.45) is 4.63. The Morgan fingerprint density at radius 3 is 2.96 bits per heavy atom. The predicted octanol–water partition coefficient (Wildman–Crippen LogP) is 2.20. The van der Waals surface area contributed by atoms with Crippen molar-refractivity contribution in [1.29, 1.82) is 0 Å². The molecule has 1 aliphatic heterocycles. The van der Waals surface area contributed by atoms with Gasteiger partial charge in [-0.3, -0.25) is 9.48 Å². The Balaban J connectivity index is 1.54. The van der Waals surface area contributed by atoms with Gasteiger partial charge in [0.15, 0.2) is 0 Å². The Labute approximate surface area is 148 Å². The molecular weight excluding hydrogens is 316 g/mol. The van der Waals surface area contributed by atoms with Crippen LogP contribution in [0.25, 0.3) is 0 Å². The maximum absolute atomic E-state index is 12.6.